The number of hydrogen-bond donors (Lipinski definition) is 0. The smallest absolute Gasteiger partial charge is 0.174 e. The summed E-state index contributed by atoms with van der Waals surface area (Å²) in [6.45, 7) is 1.83. The fourth-order valence-corrected chi connectivity index (χ4v) is 2.04. The summed E-state index contributed by atoms with van der Waals surface area (Å²) in [5.41, 5.74) is 1.49. The number of Topliss-reactive ketones (excluding diaryl/α,β-unsaturated/α-hetero) is 1. The van der Waals surface area contributed by atoms with E-state index in [4.69, 9.17) is 4.52 Å². The number of carbonyl (C=O) groups excluding carboxylic acids is 1. The quantitative estimate of drug-likeness (QED) is 0.582. The summed E-state index contributed by atoms with van der Waals surface area (Å²) in [6.07, 6.45) is 2.87. The van der Waals surface area contributed by atoms with Crippen LogP contribution in [0.2, 0.25) is 0 Å². The fraction of sp³-hybridized carbons (Fsp3) is 0.556. The van der Waals surface area contributed by atoms with Crippen molar-refractivity contribution in [2.45, 2.75) is 26.2 Å². The molecule has 3 heteroatoms. The minimum Gasteiger partial charge on any atom is -0.360 e. The number of nitrogens with zero attached hydrogens (tertiary/aromatic N) is 1. The zero-order valence-electron chi connectivity index (χ0n) is 6.89. The Morgan fingerprint density at radius 3 is 2.83 bits per heavy atom. The molecule has 0 N–H and O–H groups in total. The Morgan fingerprint density at radius 2 is 2.25 bits per heavy atom. The van der Waals surface area contributed by atoms with E-state index in [0.717, 1.165) is 36.3 Å². The maximum Gasteiger partial charge on any atom is 0.174 e. The Hall–Kier alpha value is -1.12. The highest BCUT2D eigenvalue weighted by molar-refractivity contribution is 6.06. The molecule has 1 heterocycles. The van der Waals surface area contributed by atoms with Gasteiger partial charge in [-0.2, -0.15) is 0 Å². The number of aryl methyl sites for hydroxylation is 1. The number of rotatable bonds is 0. The van der Waals surface area contributed by atoms with Gasteiger partial charge in [0.2, 0.25) is 0 Å². The maximum atomic E-state index is 11.8. The summed E-state index contributed by atoms with van der Waals surface area (Å²) in [7, 11) is 0. The van der Waals surface area contributed by atoms with Crippen molar-refractivity contribution in [1.82, 2.24) is 5.16 Å². The standard InChI is InChI=1S/C9H9NO2/c1-5-7-6(12-10-5)4-9(2-3-9)8(7)11/h2-4H2,1H3. The minimum atomic E-state index is -0.0398. The van der Waals surface area contributed by atoms with E-state index in [0.29, 0.717) is 0 Å². The summed E-state index contributed by atoms with van der Waals surface area (Å²) in [5.74, 6) is 1.09. The lowest BCUT2D eigenvalue weighted by atomic mass is 10.0. The van der Waals surface area contributed by atoms with Crippen molar-refractivity contribution >= 4 is 5.78 Å². The SMILES string of the molecule is Cc1noc2c1C(=O)C1(CC1)C2. The molecule has 1 spiro atoms. The van der Waals surface area contributed by atoms with Gasteiger partial charge in [0.1, 0.15) is 5.76 Å². The van der Waals surface area contributed by atoms with Crippen molar-refractivity contribution in [3.63, 3.8) is 0 Å². The summed E-state index contributed by atoms with van der Waals surface area (Å²) in [4.78, 5) is 11.8. The summed E-state index contributed by atoms with van der Waals surface area (Å²) < 4.78 is 5.08. The van der Waals surface area contributed by atoms with Crippen LogP contribution in [0.15, 0.2) is 4.52 Å². The fourth-order valence-electron chi connectivity index (χ4n) is 2.04. The molecule has 62 valence electrons. The third-order valence-corrected chi connectivity index (χ3v) is 2.99. The van der Waals surface area contributed by atoms with Gasteiger partial charge in [-0.3, -0.25) is 4.79 Å². The molecule has 3 rings (SSSR count). The first-order valence-corrected chi connectivity index (χ1v) is 4.23. The van der Waals surface area contributed by atoms with Crippen LogP contribution in [-0.2, 0) is 6.42 Å². The molecule has 3 nitrogen and oxygen atoms in total. The van der Waals surface area contributed by atoms with Gasteiger partial charge in [-0.15, -0.1) is 0 Å². The van der Waals surface area contributed by atoms with Gasteiger partial charge >= 0.3 is 0 Å². The highest BCUT2D eigenvalue weighted by Gasteiger charge is 2.56. The molecule has 0 amide bonds. The molecule has 0 saturated heterocycles. The molecular weight excluding hydrogens is 154 g/mol. The van der Waals surface area contributed by atoms with E-state index in [-0.39, 0.29) is 11.2 Å². The summed E-state index contributed by atoms with van der Waals surface area (Å²) in [5, 5.41) is 3.79. The molecular formula is C9H9NO2. The average Bonchev–Trinajstić information content (AvgIpc) is 2.64. The normalized spacial score (nSPS) is 23.2. The van der Waals surface area contributed by atoms with E-state index in [1.807, 2.05) is 6.92 Å². The number of carbonyl (C=O) groups is 1. The Labute approximate surface area is 69.7 Å². The molecule has 12 heavy (non-hydrogen) atoms. The second-order valence-electron chi connectivity index (χ2n) is 3.85. The third-order valence-electron chi connectivity index (χ3n) is 2.99. The molecule has 1 aromatic heterocycles. The maximum absolute atomic E-state index is 11.8. The number of fused-ring (bicyclic) bond motifs is 1. The van der Waals surface area contributed by atoms with Crippen molar-refractivity contribution < 1.29 is 9.32 Å². The van der Waals surface area contributed by atoms with Crippen LogP contribution < -0.4 is 0 Å². The highest BCUT2D eigenvalue weighted by atomic mass is 16.5. The van der Waals surface area contributed by atoms with Gasteiger partial charge in [-0.05, 0) is 19.8 Å². The van der Waals surface area contributed by atoms with Crippen LogP contribution in [0.5, 0.6) is 0 Å². The van der Waals surface area contributed by atoms with Crippen LogP contribution in [-0.4, -0.2) is 10.9 Å². The Morgan fingerprint density at radius 1 is 1.50 bits per heavy atom. The number of aromatic nitrogens is 1. The predicted octanol–water partition coefficient (Wildman–Crippen LogP) is 1.50. The Kier molecular flexibility index (Phi) is 0.868. The van der Waals surface area contributed by atoms with Crippen molar-refractivity contribution in [3.05, 3.63) is 17.0 Å². The monoisotopic (exact) mass is 163 g/mol. The minimum absolute atomic E-state index is 0.0398. The number of hydrogen-bond acceptors (Lipinski definition) is 3. The predicted molar refractivity (Wildman–Crippen MR) is 40.9 cm³/mol. The van der Waals surface area contributed by atoms with E-state index < -0.39 is 0 Å². The van der Waals surface area contributed by atoms with Crippen molar-refractivity contribution in [2.75, 3.05) is 0 Å². The number of ketones is 1. The first-order chi connectivity index (χ1) is 5.73. The summed E-state index contributed by atoms with van der Waals surface area (Å²) in [6, 6.07) is 0. The third kappa shape index (κ3) is 0.543. The molecule has 0 radical (unpaired) electrons. The Balaban J connectivity index is 2.21. The molecule has 0 aromatic carbocycles. The van der Waals surface area contributed by atoms with Crippen LogP contribution >= 0.6 is 0 Å². The molecule has 1 fully saturated rings. The van der Waals surface area contributed by atoms with E-state index in [1.54, 1.807) is 0 Å². The largest absolute Gasteiger partial charge is 0.360 e. The molecule has 0 atom stereocenters. The van der Waals surface area contributed by atoms with Crippen molar-refractivity contribution in [3.8, 4) is 0 Å². The van der Waals surface area contributed by atoms with Crippen LogP contribution in [0.3, 0.4) is 0 Å². The first kappa shape index (κ1) is 6.40. The van der Waals surface area contributed by atoms with Crippen molar-refractivity contribution in [2.24, 2.45) is 5.41 Å². The van der Waals surface area contributed by atoms with Gasteiger partial charge in [-0.25, -0.2) is 0 Å². The zero-order valence-corrected chi connectivity index (χ0v) is 6.89. The lowest BCUT2D eigenvalue weighted by Crippen LogP contribution is -2.10. The molecule has 0 bridgehead atoms. The molecule has 0 unspecified atom stereocenters. The molecule has 0 aliphatic heterocycles. The van der Waals surface area contributed by atoms with Crippen LogP contribution in [0.25, 0.3) is 0 Å². The zero-order chi connectivity index (χ0) is 8.34. The van der Waals surface area contributed by atoms with Crippen LogP contribution in [0, 0.1) is 12.3 Å². The van der Waals surface area contributed by atoms with Crippen LogP contribution in [0.4, 0.5) is 0 Å². The van der Waals surface area contributed by atoms with Gasteiger partial charge in [-0.1, -0.05) is 5.16 Å². The molecule has 1 aromatic rings. The van der Waals surface area contributed by atoms with Gasteiger partial charge < -0.3 is 4.52 Å². The molecule has 1 saturated carbocycles. The second-order valence-corrected chi connectivity index (χ2v) is 3.85. The van der Waals surface area contributed by atoms with Crippen LogP contribution in [0.1, 0.15) is 34.7 Å². The van der Waals surface area contributed by atoms with E-state index >= 15 is 0 Å². The highest BCUT2D eigenvalue weighted by Crippen LogP contribution is 2.55. The van der Waals surface area contributed by atoms with E-state index in [1.165, 1.54) is 0 Å². The van der Waals surface area contributed by atoms with Gasteiger partial charge in [0.15, 0.2) is 5.78 Å². The lowest BCUT2D eigenvalue weighted by molar-refractivity contribution is 0.0916. The molecule has 2 aliphatic rings. The van der Waals surface area contributed by atoms with E-state index in [9.17, 15) is 4.79 Å². The van der Waals surface area contributed by atoms with Crippen molar-refractivity contribution in [1.29, 1.82) is 0 Å². The van der Waals surface area contributed by atoms with Gasteiger partial charge in [0.05, 0.1) is 11.3 Å². The van der Waals surface area contributed by atoms with Gasteiger partial charge in [0.25, 0.3) is 0 Å². The van der Waals surface area contributed by atoms with Gasteiger partial charge in [0, 0.05) is 11.8 Å². The second kappa shape index (κ2) is 1.63. The molecule has 2 aliphatic carbocycles. The lowest BCUT2D eigenvalue weighted by Gasteiger charge is -1.99. The first-order valence-electron chi connectivity index (χ1n) is 4.23. The topological polar surface area (TPSA) is 43.1 Å². The van der Waals surface area contributed by atoms with E-state index in [2.05, 4.69) is 5.16 Å². The Bertz CT molecular complexity index is 374. The summed E-state index contributed by atoms with van der Waals surface area (Å²) >= 11 is 0. The average molecular weight is 163 g/mol.